The van der Waals surface area contributed by atoms with E-state index >= 15 is 0 Å². The van der Waals surface area contributed by atoms with Crippen molar-refractivity contribution in [3.05, 3.63) is 386 Å². The summed E-state index contributed by atoms with van der Waals surface area (Å²) in [5.41, 5.74) is 14.9. The lowest BCUT2D eigenvalue weighted by Crippen LogP contribution is -2.61. The average Bonchev–Trinajstić information content (AvgIpc) is 1.50. The fourth-order valence-corrected chi connectivity index (χ4v) is 18.0. The molecule has 0 spiro atoms. The lowest BCUT2D eigenvalue weighted by atomic mass is 9.33. The second-order valence-electron chi connectivity index (χ2n) is 34.3. The molecule has 0 amide bonds. The minimum atomic E-state index is -0.980. The van der Waals surface area contributed by atoms with Crippen LogP contribution in [0.5, 0.6) is 0 Å². The first-order valence-corrected chi connectivity index (χ1v) is 40.2. The highest BCUT2D eigenvalue weighted by Crippen LogP contribution is 2.57. The first-order chi connectivity index (χ1) is 68.3. The molecule has 13 bridgehead atoms. The Kier molecular flexibility index (Phi) is 11.7. The van der Waals surface area contributed by atoms with Gasteiger partial charge in [-0.05, 0) is 244 Å². The standard InChI is InChI=1S/C114H89BN4O/c1-11-12-13-17-30-71-45-53-101-93(57-71)87-41-24-26-43-99(87)116(101)85-49-51-97-103(69-85)118-105-67-84(114(8,9)10)68-106-109(105)115(97)98-52-50-86(117-100-44-27-25-42-88(100)94-60-77(46-54-102(94)117)72-31-18-14-19-32-72)70-104(98)119(106)111-90(74-35-22-16-23-36-74)64-83(113(5,6)7)66-92(111)81-40-29-38-76(59-81)79-48-56-108-96(62-79)95-61-78(47-55-107(95)120-108)75-37-28-39-80(58-75)91-65-82(112(2,3)4)63-89(110(91)118)73-33-20-15-21-34-73/h11-70H,1H2,2-10H3/b13-12-,30-17+/i11D,12D,13D,14D,17D,18D,19D,24D,25D,26D,27D,30D,31D,32D,41D,42D,43D,44D,45D,46D,53D,54D,57D,60D. The smallest absolute Gasteiger partial charge is 0.252 e. The largest absolute Gasteiger partial charge is 0.456 e. The van der Waals surface area contributed by atoms with E-state index in [2.05, 4.69) is 212 Å². The normalized spacial score (nSPS) is 16.3. The second kappa shape index (κ2) is 27.5. The Morgan fingerprint density at radius 2 is 0.767 bits per heavy atom. The molecule has 120 heavy (non-hydrogen) atoms. The summed E-state index contributed by atoms with van der Waals surface area (Å²) in [5, 5.41) is 0.644. The third-order valence-corrected chi connectivity index (χ3v) is 23.9. The Morgan fingerprint density at radius 3 is 1.27 bits per heavy atom. The predicted molar refractivity (Wildman–Crippen MR) is 513 cm³/mol. The summed E-state index contributed by atoms with van der Waals surface area (Å²) in [7, 11) is 0. The maximum atomic E-state index is 10.5. The highest BCUT2D eigenvalue weighted by Gasteiger charge is 2.47. The van der Waals surface area contributed by atoms with Gasteiger partial charge in [0.25, 0.3) is 6.71 Å². The van der Waals surface area contributed by atoms with Crippen LogP contribution in [0.4, 0.5) is 34.1 Å². The fourth-order valence-electron chi connectivity index (χ4n) is 18.0. The topological polar surface area (TPSA) is 29.5 Å². The lowest BCUT2D eigenvalue weighted by molar-refractivity contribution is 0.590. The number of hydrogen-bond donors (Lipinski definition) is 0. The number of rotatable bonds is 8. The molecule has 0 N–H and O–H groups in total. The van der Waals surface area contributed by atoms with Crippen molar-refractivity contribution >= 4 is 129 Å². The van der Waals surface area contributed by atoms with Gasteiger partial charge < -0.3 is 23.4 Å². The molecule has 16 aromatic carbocycles. The molecule has 3 aliphatic rings. The van der Waals surface area contributed by atoms with Gasteiger partial charge in [-0.25, -0.2) is 0 Å². The highest BCUT2D eigenvalue weighted by molar-refractivity contribution is 7.00. The van der Waals surface area contributed by atoms with Crippen molar-refractivity contribution in [2.24, 2.45) is 0 Å². The zero-order valence-corrected chi connectivity index (χ0v) is 67.3. The van der Waals surface area contributed by atoms with Crippen LogP contribution in [0.15, 0.2) is 368 Å². The van der Waals surface area contributed by atoms with Crippen LogP contribution in [0.25, 0.3) is 161 Å². The lowest BCUT2D eigenvalue weighted by Gasteiger charge is -2.47. The molecule has 0 saturated heterocycles. The monoisotopic (exact) mass is 1560 g/mol. The predicted octanol–water partition coefficient (Wildman–Crippen LogP) is 29.5. The third kappa shape index (κ3) is 11.7. The number of allylic oxidation sites excluding steroid dienone is 4. The first-order valence-electron chi connectivity index (χ1n) is 52.2. The van der Waals surface area contributed by atoms with Gasteiger partial charge in [0.2, 0.25) is 0 Å². The molecule has 0 atom stereocenters. The van der Waals surface area contributed by atoms with Gasteiger partial charge in [0.1, 0.15) is 11.2 Å². The summed E-state index contributed by atoms with van der Waals surface area (Å²) in [4.78, 5) is 4.56. The van der Waals surface area contributed by atoms with Crippen molar-refractivity contribution in [1.29, 1.82) is 0 Å². The molecule has 3 aliphatic heterocycles. The SMILES string of the molecule is [2H]C(=C)/C([2H])=C([2H])\C([2H])=C(/[2H])c1c([2H])c([2H])c2c(c1[2H])c1c([2H])c([2H])c([2H])c([2H])c1n2-c1ccc2c(c1)N1c3cc(C(C)(C)C)cc4c3B2c2ccc(-n3c5c([2H])c([2H])c([2H])c([2H])c5c5c([2H])c(-c6c([2H])c([2H])c([2H])c([2H])c6[2H])c([2H])c([2H])c53)cc2N4c2c(-c3ccccc3)cc(C(C)(C)C)cc2-c2cccc(c2)-c2ccc3oc4ccc(cc4c3c2)-c2cccc(c2)-c2cc(C(C)(C)C)cc(-c3ccccc3)c21. The van der Waals surface area contributed by atoms with Gasteiger partial charge in [0.15, 0.2) is 0 Å². The van der Waals surface area contributed by atoms with Crippen LogP contribution in [0.1, 0.15) is 117 Å². The quantitative estimate of drug-likeness (QED) is 0.112. The number of benzene rings is 16. The molecule has 19 aromatic rings. The van der Waals surface area contributed by atoms with E-state index in [9.17, 15) is 23.3 Å². The van der Waals surface area contributed by atoms with Gasteiger partial charge in [0.05, 0.1) is 66.3 Å². The van der Waals surface area contributed by atoms with Gasteiger partial charge in [-0.1, -0.05) is 299 Å². The Balaban J connectivity index is 0.967. The summed E-state index contributed by atoms with van der Waals surface area (Å²) in [6.45, 7) is 21.9. The molecule has 574 valence electrons. The van der Waals surface area contributed by atoms with E-state index in [4.69, 9.17) is 14.0 Å². The summed E-state index contributed by atoms with van der Waals surface area (Å²) >= 11 is 0. The van der Waals surface area contributed by atoms with Crippen molar-refractivity contribution in [1.82, 2.24) is 9.13 Å². The van der Waals surface area contributed by atoms with Gasteiger partial charge in [-0.15, -0.1) is 0 Å². The van der Waals surface area contributed by atoms with Crippen LogP contribution in [-0.2, 0) is 16.2 Å². The number of aromatic nitrogens is 2. The van der Waals surface area contributed by atoms with E-state index in [1.54, 1.807) is 12.1 Å². The molecule has 6 heteroatoms. The maximum Gasteiger partial charge on any atom is 0.252 e. The van der Waals surface area contributed by atoms with Crippen molar-refractivity contribution < 1.29 is 37.3 Å². The van der Waals surface area contributed by atoms with Gasteiger partial charge in [-0.2, -0.15) is 0 Å². The number of furan rings is 1. The molecule has 0 radical (unpaired) electrons. The molecule has 0 unspecified atom stereocenters. The zero-order valence-electron chi connectivity index (χ0n) is 91.3. The molecule has 0 fully saturated rings. The Morgan fingerprint density at radius 1 is 0.333 bits per heavy atom. The Labute approximate surface area is 735 Å². The molecular formula is C114H89BN4O. The van der Waals surface area contributed by atoms with Crippen LogP contribution in [0.2, 0.25) is 0 Å². The molecule has 22 rings (SSSR count). The molecule has 0 aliphatic carbocycles. The summed E-state index contributed by atoms with van der Waals surface area (Å²) in [5.74, 6) is 0. The van der Waals surface area contributed by atoms with Gasteiger partial charge in [-0.3, -0.25) is 0 Å². The molecular weight excluding hydrogens is 1450 g/mol. The first kappa shape index (κ1) is 51.1. The number of nitrogens with zero attached hydrogens (tertiary/aromatic N) is 4. The minimum absolute atomic E-state index is 0.152. The van der Waals surface area contributed by atoms with Crippen molar-refractivity contribution in [3.8, 4) is 89.3 Å². The Hall–Kier alpha value is -14.2. The van der Waals surface area contributed by atoms with Crippen LogP contribution < -0.4 is 26.2 Å². The van der Waals surface area contributed by atoms with E-state index in [-0.39, 0.29) is 55.0 Å². The second-order valence-corrected chi connectivity index (χ2v) is 34.3. The molecule has 3 aromatic heterocycles. The number of anilines is 6. The van der Waals surface area contributed by atoms with Crippen molar-refractivity contribution in [2.75, 3.05) is 9.80 Å². The van der Waals surface area contributed by atoms with Crippen LogP contribution >= 0.6 is 0 Å². The fraction of sp³-hybridized carbons (Fsp3) is 0.105. The van der Waals surface area contributed by atoms with Crippen LogP contribution in [-0.4, -0.2) is 15.8 Å². The van der Waals surface area contributed by atoms with Crippen LogP contribution in [0, 0.1) is 0 Å². The van der Waals surface area contributed by atoms with Crippen LogP contribution in [0.3, 0.4) is 0 Å². The minimum Gasteiger partial charge on any atom is -0.456 e. The number of para-hydroxylation sites is 2. The molecule has 5 nitrogen and oxygen atoms in total. The van der Waals surface area contributed by atoms with E-state index in [1.165, 1.54) is 9.13 Å². The highest BCUT2D eigenvalue weighted by atomic mass is 16.3. The van der Waals surface area contributed by atoms with Crippen molar-refractivity contribution in [3.63, 3.8) is 0 Å². The summed E-state index contributed by atoms with van der Waals surface area (Å²) < 4.78 is 239. The Bertz CT molecular complexity index is 8860. The van der Waals surface area contributed by atoms with E-state index in [1.807, 2.05) is 72.8 Å². The maximum absolute atomic E-state index is 10.5. The van der Waals surface area contributed by atoms with Gasteiger partial charge in [0, 0.05) is 88.7 Å². The molecule has 6 heterocycles. The summed E-state index contributed by atoms with van der Waals surface area (Å²) in [6.07, 6.45) is 0. The van der Waals surface area contributed by atoms with Crippen molar-refractivity contribution in [2.45, 2.75) is 78.6 Å². The average molecular weight is 1570 g/mol. The number of hydrogen-bond acceptors (Lipinski definition) is 3. The van der Waals surface area contributed by atoms with E-state index < -0.39 is 185 Å². The van der Waals surface area contributed by atoms with E-state index in [0.717, 1.165) is 99.7 Å². The zero-order chi connectivity index (χ0) is 102. The summed E-state index contributed by atoms with van der Waals surface area (Å²) in [6, 6.07) is 56.7. The van der Waals surface area contributed by atoms with E-state index in [0.29, 0.717) is 56.2 Å². The molecule has 0 saturated carbocycles. The third-order valence-electron chi connectivity index (χ3n) is 23.9. The van der Waals surface area contributed by atoms with Gasteiger partial charge >= 0.3 is 0 Å². The number of fused-ring (bicyclic) bond motifs is 26.